The van der Waals surface area contributed by atoms with Crippen molar-refractivity contribution >= 4 is 11.8 Å². The van der Waals surface area contributed by atoms with Gasteiger partial charge in [-0.05, 0) is 38.1 Å². The summed E-state index contributed by atoms with van der Waals surface area (Å²) in [4.78, 5) is 2.62. The van der Waals surface area contributed by atoms with Crippen LogP contribution in [0.1, 0.15) is 19.8 Å². The molecule has 1 aliphatic heterocycles. The van der Waals surface area contributed by atoms with E-state index in [1.165, 1.54) is 31.7 Å². The Morgan fingerprint density at radius 2 is 2.38 bits per heavy atom. The summed E-state index contributed by atoms with van der Waals surface area (Å²) in [5.41, 5.74) is 5.68. The van der Waals surface area contributed by atoms with Crippen LogP contribution in [0.2, 0.25) is 0 Å². The quantitative estimate of drug-likeness (QED) is 0.731. The van der Waals surface area contributed by atoms with E-state index >= 15 is 0 Å². The number of nitrogens with zero attached hydrogens (tertiary/aromatic N) is 1. The van der Waals surface area contributed by atoms with Crippen molar-refractivity contribution in [1.29, 1.82) is 0 Å². The molecule has 1 fully saturated rings. The highest BCUT2D eigenvalue weighted by atomic mass is 32.2. The standard InChI is InChI=1S/C10H22N2S/c1-3-10(8-13-2)12-5-4-9(6-11)7-12/h9-10H,3-8,11H2,1-2H3. The summed E-state index contributed by atoms with van der Waals surface area (Å²) in [6.07, 6.45) is 4.78. The van der Waals surface area contributed by atoms with Crippen molar-refractivity contribution < 1.29 is 0 Å². The van der Waals surface area contributed by atoms with Crippen LogP contribution in [0.3, 0.4) is 0 Å². The average molecular weight is 202 g/mol. The van der Waals surface area contributed by atoms with Crippen molar-refractivity contribution in [3.63, 3.8) is 0 Å². The Balaban J connectivity index is 2.33. The zero-order valence-corrected chi connectivity index (χ0v) is 9.65. The minimum atomic E-state index is 0.760. The Bertz CT molecular complexity index is 141. The first kappa shape index (κ1) is 11.3. The normalized spacial score (nSPS) is 26.5. The van der Waals surface area contributed by atoms with Crippen molar-refractivity contribution in [3.05, 3.63) is 0 Å². The first-order chi connectivity index (χ1) is 6.31. The number of hydrogen-bond acceptors (Lipinski definition) is 3. The number of hydrogen-bond donors (Lipinski definition) is 1. The molecule has 0 saturated carbocycles. The molecule has 1 aliphatic rings. The minimum absolute atomic E-state index is 0.760. The van der Waals surface area contributed by atoms with E-state index in [9.17, 15) is 0 Å². The molecule has 2 nitrogen and oxygen atoms in total. The fraction of sp³-hybridized carbons (Fsp3) is 1.00. The van der Waals surface area contributed by atoms with Crippen LogP contribution in [0, 0.1) is 5.92 Å². The lowest BCUT2D eigenvalue weighted by Crippen LogP contribution is -2.35. The van der Waals surface area contributed by atoms with Crippen molar-refractivity contribution in [3.8, 4) is 0 Å². The van der Waals surface area contributed by atoms with Gasteiger partial charge in [0.15, 0.2) is 0 Å². The molecule has 0 amide bonds. The van der Waals surface area contributed by atoms with Gasteiger partial charge in [-0.3, -0.25) is 4.90 Å². The van der Waals surface area contributed by atoms with E-state index in [0.717, 1.165) is 18.5 Å². The first-order valence-corrected chi connectivity index (χ1v) is 6.64. The van der Waals surface area contributed by atoms with Gasteiger partial charge < -0.3 is 5.73 Å². The topological polar surface area (TPSA) is 29.3 Å². The van der Waals surface area contributed by atoms with Gasteiger partial charge in [-0.15, -0.1) is 0 Å². The molecule has 0 aromatic carbocycles. The number of nitrogens with two attached hydrogens (primary N) is 1. The van der Waals surface area contributed by atoms with Crippen molar-refractivity contribution in [2.45, 2.75) is 25.8 Å². The number of rotatable bonds is 5. The molecular weight excluding hydrogens is 180 g/mol. The molecule has 0 bridgehead atoms. The highest BCUT2D eigenvalue weighted by Gasteiger charge is 2.25. The van der Waals surface area contributed by atoms with E-state index in [-0.39, 0.29) is 0 Å². The van der Waals surface area contributed by atoms with Gasteiger partial charge in [0.1, 0.15) is 0 Å². The van der Waals surface area contributed by atoms with Crippen LogP contribution in [-0.2, 0) is 0 Å². The highest BCUT2D eigenvalue weighted by molar-refractivity contribution is 7.98. The third kappa shape index (κ3) is 3.15. The fourth-order valence-electron chi connectivity index (χ4n) is 2.06. The van der Waals surface area contributed by atoms with Gasteiger partial charge in [0.2, 0.25) is 0 Å². The summed E-state index contributed by atoms with van der Waals surface area (Å²) in [6.45, 7) is 5.65. The van der Waals surface area contributed by atoms with E-state index in [1.54, 1.807) is 0 Å². The molecule has 1 rings (SSSR count). The molecule has 0 aromatic rings. The van der Waals surface area contributed by atoms with Gasteiger partial charge in [-0.2, -0.15) is 11.8 Å². The van der Waals surface area contributed by atoms with Crippen LogP contribution in [-0.4, -0.2) is 42.6 Å². The van der Waals surface area contributed by atoms with E-state index in [1.807, 2.05) is 11.8 Å². The zero-order valence-electron chi connectivity index (χ0n) is 8.83. The smallest absolute Gasteiger partial charge is 0.0183 e. The molecular formula is C10H22N2S. The monoisotopic (exact) mass is 202 g/mol. The number of likely N-dealkylation sites (tertiary alicyclic amines) is 1. The molecule has 1 saturated heterocycles. The summed E-state index contributed by atoms with van der Waals surface area (Å²) < 4.78 is 0. The van der Waals surface area contributed by atoms with E-state index in [0.29, 0.717) is 0 Å². The first-order valence-electron chi connectivity index (χ1n) is 5.24. The van der Waals surface area contributed by atoms with Crippen LogP contribution in [0.4, 0.5) is 0 Å². The number of thioether (sulfide) groups is 1. The highest BCUT2D eigenvalue weighted by Crippen LogP contribution is 2.20. The second kappa shape index (κ2) is 5.89. The largest absolute Gasteiger partial charge is 0.330 e. The van der Waals surface area contributed by atoms with Crippen molar-refractivity contribution in [2.24, 2.45) is 11.7 Å². The molecule has 0 radical (unpaired) electrons. The molecule has 0 spiro atoms. The Labute approximate surface area is 86.2 Å². The Morgan fingerprint density at radius 1 is 1.62 bits per heavy atom. The van der Waals surface area contributed by atoms with Gasteiger partial charge in [0, 0.05) is 18.3 Å². The third-order valence-electron chi connectivity index (χ3n) is 3.00. The van der Waals surface area contributed by atoms with E-state index in [4.69, 9.17) is 5.73 Å². The lowest BCUT2D eigenvalue weighted by Gasteiger charge is -2.26. The van der Waals surface area contributed by atoms with Crippen LogP contribution >= 0.6 is 11.8 Å². The van der Waals surface area contributed by atoms with Gasteiger partial charge in [-0.25, -0.2) is 0 Å². The van der Waals surface area contributed by atoms with Crippen LogP contribution in [0.15, 0.2) is 0 Å². The molecule has 0 aromatic heterocycles. The molecule has 1 heterocycles. The minimum Gasteiger partial charge on any atom is -0.330 e. The van der Waals surface area contributed by atoms with E-state index in [2.05, 4.69) is 18.1 Å². The SMILES string of the molecule is CCC(CSC)N1CCC(CN)C1. The average Bonchev–Trinajstić information content (AvgIpc) is 2.62. The predicted octanol–water partition coefficient (Wildman–Crippen LogP) is 1.41. The third-order valence-corrected chi connectivity index (χ3v) is 3.72. The maximum Gasteiger partial charge on any atom is 0.0183 e. The lowest BCUT2D eigenvalue weighted by atomic mass is 10.1. The van der Waals surface area contributed by atoms with Crippen molar-refractivity contribution in [2.75, 3.05) is 31.6 Å². The second-order valence-electron chi connectivity index (χ2n) is 3.90. The van der Waals surface area contributed by atoms with Gasteiger partial charge >= 0.3 is 0 Å². The van der Waals surface area contributed by atoms with Crippen LogP contribution in [0.25, 0.3) is 0 Å². The van der Waals surface area contributed by atoms with Gasteiger partial charge in [-0.1, -0.05) is 6.92 Å². The zero-order chi connectivity index (χ0) is 9.68. The molecule has 2 N–H and O–H groups in total. The fourth-order valence-corrected chi connectivity index (χ4v) is 2.89. The molecule has 13 heavy (non-hydrogen) atoms. The van der Waals surface area contributed by atoms with Crippen LogP contribution < -0.4 is 5.73 Å². The summed E-state index contributed by atoms with van der Waals surface area (Å²) in [5.74, 6) is 2.03. The van der Waals surface area contributed by atoms with Gasteiger partial charge in [0.25, 0.3) is 0 Å². The molecule has 0 aliphatic carbocycles. The Kier molecular flexibility index (Phi) is 5.14. The summed E-state index contributed by atoms with van der Waals surface area (Å²) in [5, 5.41) is 0. The Hall–Kier alpha value is 0.270. The molecule has 78 valence electrons. The molecule has 3 heteroatoms. The van der Waals surface area contributed by atoms with Crippen molar-refractivity contribution in [1.82, 2.24) is 4.90 Å². The van der Waals surface area contributed by atoms with Crippen LogP contribution in [0.5, 0.6) is 0 Å². The predicted molar refractivity (Wildman–Crippen MR) is 61.2 cm³/mol. The Morgan fingerprint density at radius 3 is 2.85 bits per heavy atom. The molecule has 2 atom stereocenters. The summed E-state index contributed by atoms with van der Waals surface area (Å²) >= 11 is 1.96. The molecule has 2 unspecified atom stereocenters. The van der Waals surface area contributed by atoms with E-state index < -0.39 is 0 Å². The van der Waals surface area contributed by atoms with Gasteiger partial charge in [0.05, 0.1) is 0 Å². The second-order valence-corrected chi connectivity index (χ2v) is 4.81. The summed E-state index contributed by atoms with van der Waals surface area (Å²) in [7, 11) is 0. The maximum absolute atomic E-state index is 5.68. The lowest BCUT2D eigenvalue weighted by molar-refractivity contribution is 0.248. The maximum atomic E-state index is 5.68. The summed E-state index contributed by atoms with van der Waals surface area (Å²) in [6, 6.07) is 0.784.